The Balaban J connectivity index is 0.978. The maximum Gasteiger partial charge on any atom is 0.0465 e. The topological polar surface area (TPSA) is 3.24 Å². The minimum Gasteiger partial charge on any atom is -0.310 e. The first-order valence-corrected chi connectivity index (χ1v) is 22.5. The number of hydrogen-bond acceptors (Lipinski definition) is 1. The molecule has 0 saturated heterocycles. The fraction of sp³-hybridized carbons (Fsp3) is 0.167. The molecule has 1 heteroatoms. The number of benzene rings is 9. The van der Waals surface area contributed by atoms with Crippen molar-refractivity contribution in [1.82, 2.24) is 0 Å². The van der Waals surface area contributed by atoms with E-state index in [-0.39, 0.29) is 5.41 Å². The highest BCUT2D eigenvalue weighted by atomic mass is 15.1. The van der Waals surface area contributed by atoms with Crippen molar-refractivity contribution in [3.8, 4) is 44.5 Å². The largest absolute Gasteiger partial charge is 0.310 e. The van der Waals surface area contributed by atoms with E-state index in [4.69, 9.17) is 0 Å². The third-order valence-corrected chi connectivity index (χ3v) is 15.4. The highest BCUT2D eigenvalue weighted by Gasteiger charge is 2.61. The first-order valence-electron chi connectivity index (χ1n) is 22.5. The molecule has 0 atom stereocenters. The average molecular weight is 782 g/mol. The van der Waals surface area contributed by atoms with Gasteiger partial charge in [0.1, 0.15) is 0 Å². The maximum atomic E-state index is 2.64. The molecule has 1 nitrogen and oxygen atoms in total. The van der Waals surface area contributed by atoms with Crippen LogP contribution in [0.15, 0.2) is 200 Å². The molecule has 61 heavy (non-hydrogen) atoms. The van der Waals surface area contributed by atoms with Crippen LogP contribution in [-0.4, -0.2) is 0 Å². The molecule has 9 aromatic rings. The van der Waals surface area contributed by atoms with Crippen LogP contribution >= 0.6 is 0 Å². The van der Waals surface area contributed by atoms with Crippen LogP contribution in [0.5, 0.6) is 0 Å². The Hall–Kier alpha value is -6.70. The molecule has 5 aliphatic carbocycles. The van der Waals surface area contributed by atoms with Gasteiger partial charge in [0.2, 0.25) is 0 Å². The van der Waals surface area contributed by atoms with Gasteiger partial charge in [-0.05, 0) is 175 Å². The molecule has 0 aliphatic heterocycles. The molecule has 0 amide bonds. The van der Waals surface area contributed by atoms with Gasteiger partial charge < -0.3 is 4.90 Å². The molecule has 9 aromatic carbocycles. The van der Waals surface area contributed by atoms with Crippen LogP contribution in [0.4, 0.5) is 17.1 Å². The van der Waals surface area contributed by atoms with Crippen molar-refractivity contribution in [3.05, 3.63) is 211 Å². The summed E-state index contributed by atoms with van der Waals surface area (Å²) >= 11 is 0. The molecule has 0 heterocycles. The predicted octanol–water partition coefficient (Wildman–Crippen LogP) is 16.2. The second-order valence-corrected chi connectivity index (χ2v) is 18.5. The number of hydrogen-bond donors (Lipinski definition) is 0. The van der Waals surface area contributed by atoms with Crippen LogP contribution in [0.25, 0.3) is 66.1 Å². The van der Waals surface area contributed by atoms with Gasteiger partial charge in [0.05, 0.1) is 0 Å². The summed E-state index contributed by atoms with van der Waals surface area (Å²) in [6.45, 7) is 0. The van der Waals surface area contributed by atoms with Gasteiger partial charge in [-0.1, -0.05) is 158 Å². The third-order valence-electron chi connectivity index (χ3n) is 15.4. The summed E-state index contributed by atoms with van der Waals surface area (Å²) in [7, 11) is 0. The first kappa shape index (κ1) is 35.1. The van der Waals surface area contributed by atoms with Crippen LogP contribution < -0.4 is 4.90 Å². The van der Waals surface area contributed by atoms with E-state index in [0.717, 1.165) is 11.8 Å². The van der Waals surface area contributed by atoms with Crippen molar-refractivity contribution in [2.75, 3.05) is 4.90 Å². The van der Waals surface area contributed by atoms with Crippen molar-refractivity contribution in [3.63, 3.8) is 0 Å². The monoisotopic (exact) mass is 781 g/mol. The molecule has 4 fully saturated rings. The molecule has 0 aromatic heterocycles. The lowest BCUT2D eigenvalue weighted by Crippen LogP contribution is -2.55. The number of anilines is 3. The second kappa shape index (κ2) is 13.7. The van der Waals surface area contributed by atoms with E-state index < -0.39 is 0 Å². The standard InChI is InChI=1S/C60H47N/c1-2-10-41(11-3-1)42-20-25-49(26-21-42)61(50-27-22-45(23-28-50)54-18-8-14-43-12-4-6-16-52(43)54)51-29-31-57-56-30-24-46(55-19-9-15-44-13-5-7-17-53(44)55)37-58(56)60(59(57)38-51)47-33-39-32-40(35-47)36-48(60)34-39/h1-31,37-40,47-48H,32-36H2. The van der Waals surface area contributed by atoms with E-state index in [0.29, 0.717) is 11.8 Å². The third kappa shape index (κ3) is 5.39. The Kier molecular flexibility index (Phi) is 7.86. The van der Waals surface area contributed by atoms with Gasteiger partial charge in [0.25, 0.3) is 0 Å². The number of rotatable bonds is 6. The van der Waals surface area contributed by atoms with Gasteiger partial charge >= 0.3 is 0 Å². The average Bonchev–Trinajstić information content (AvgIpc) is 3.60. The van der Waals surface area contributed by atoms with Crippen LogP contribution in [0.3, 0.4) is 0 Å². The first-order chi connectivity index (χ1) is 30.2. The minimum absolute atomic E-state index is 0.0236. The SMILES string of the molecule is c1ccc(-c2ccc(N(c3ccc(-c4cccc5ccccc45)cc3)c3ccc4c(c3)C3(c5cc(-c6cccc7ccccc67)ccc5-4)C4CC5CC(C4)CC3C5)cc2)cc1. The Morgan fingerprint density at radius 1 is 0.328 bits per heavy atom. The van der Waals surface area contributed by atoms with Crippen LogP contribution in [0.1, 0.15) is 43.2 Å². The zero-order chi connectivity index (χ0) is 40.1. The highest BCUT2D eigenvalue weighted by molar-refractivity contribution is 5.99. The van der Waals surface area contributed by atoms with Crippen molar-refractivity contribution in [2.24, 2.45) is 23.7 Å². The minimum atomic E-state index is 0.0236. The summed E-state index contributed by atoms with van der Waals surface area (Å²) in [6.07, 6.45) is 6.87. The zero-order valence-corrected chi connectivity index (χ0v) is 34.3. The maximum absolute atomic E-state index is 2.64. The molecule has 0 radical (unpaired) electrons. The number of fused-ring (bicyclic) bond motifs is 5. The molecule has 4 saturated carbocycles. The summed E-state index contributed by atoms with van der Waals surface area (Å²) in [5.41, 5.74) is 17.3. The van der Waals surface area contributed by atoms with Crippen molar-refractivity contribution in [2.45, 2.75) is 37.5 Å². The van der Waals surface area contributed by atoms with Crippen LogP contribution in [0.2, 0.25) is 0 Å². The van der Waals surface area contributed by atoms with E-state index in [1.165, 1.54) is 115 Å². The molecule has 292 valence electrons. The lowest BCUT2D eigenvalue weighted by atomic mass is 9.43. The van der Waals surface area contributed by atoms with Gasteiger partial charge in [0.15, 0.2) is 0 Å². The van der Waals surface area contributed by atoms with Gasteiger partial charge in [-0.3, -0.25) is 0 Å². The predicted molar refractivity (Wildman–Crippen MR) is 256 cm³/mol. The fourth-order valence-corrected chi connectivity index (χ4v) is 13.1. The second-order valence-electron chi connectivity index (χ2n) is 18.5. The van der Waals surface area contributed by atoms with E-state index in [1.807, 2.05) is 0 Å². The summed E-state index contributed by atoms with van der Waals surface area (Å²) in [5, 5.41) is 5.20. The quantitative estimate of drug-likeness (QED) is 0.162. The van der Waals surface area contributed by atoms with Crippen LogP contribution in [0, 0.1) is 23.7 Å². The lowest BCUT2D eigenvalue weighted by molar-refractivity contribution is -0.0399. The van der Waals surface area contributed by atoms with E-state index in [1.54, 1.807) is 11.1 Å². The van der Waals surface area contributed by atoms with Crippen molar-refractivity contribution in [1.29, 1.82) is 0 Å². The molecule has 14 rings (SSSR count). The molecule has 0 unspecified atom stereocenters. The molecular weight excluding hydrogens is 735 g/mol. The number of nitrogens with zero attached hydrogens (tertiary/aromatic N) is 1. The summed E-state index contributed by atoms with van der Waals surface area (Å²) < 4.78 is 0. The zero-order valence-electron chi connectivity index (χ0n) is 34.3. The Morgan fingerprint density at radius 3 is 1.41 bits per heavy atom. The fourth-order valence-electron chi connectivity index (χ4n) is 13.1. The van der Waals surface area contributed by atoms with Gasteiger partial charge in [-0.2, -0.15) is 0 Å². The smallest absolute Gasteiger partial charge is 0.0465 e. The van der Waals surface area contributed by atoms with Crippen molar-refractivity contribution < 1.29 is 0 Å². The van der Waals surface area contributed by atoms with Gasteiger partial charge in [-0.25, -0.2) is 0 Å². The summed E-state index contributed by atoms with van der Waals surface area (Å²) in [6, 6.07) is 75.4. The Morgan fingerprint density at radius 2 is 0.787 bits per heavy atom. The highest BCUT2D eigenvalue weighted by Crippen LogP contribution is 2.70. The molecule has 0 N–H and O–H groups in total. The Labute approximate surface area is 359 Å². The van der Waals surface area contributed by atoms with Gasteiger partial charge in [0, 0.05) is 22.5 Å². The van der Waals surface area contributed by atoms with Crippen molar-refractivity contribution >= 4 is 38.6 Å². The van der Waals surface area contributed by atoms with E-state index in [2.05, 4.69) is 205 Å². The lowest BCUT2D eigenvalue weighted by Gasteiger charge is -2.61. The molecule has 5 aliphatic rings. The molecular formula is C60H47N. The van der Waals surface area contributed by atoms with E-state index >= 15 is 0 Å². The summed E-state index contributed by atoms with van der Waals surface area (Å²) in [5.74, 6) is 3.09. The van der Waals surface area contributed by atoms with Crippen LogP contribution in [-0.2, 0) is 5.41 Å². The normalized spacial score (nSPS) is 21.8. The summed E-state index contributed by atoms with van der Waals surface area (Å²) in [4.78, 5) is 2.51. The van der Waals surface area contributed by atoms with Gasteiger partial charge in [-0.15, -0.1) is 0 Å². The molecule has 1 spiro atoms. The Bertz CT molecular complexity index is 3100. The van der Waals surface area contributed by atoms with E-state index in [9.17, 15) is 0 Å². The molecule has 4 bridgehead atoms.